The normalized spacial score (nSPS) is 19.0. The maximum Gasteiger partial charge on any atom is 0.162 e. The first-order chi connectivity index (χ1) is 11.7. The average Bonchev–Trinajstić information content (AvgIpc) is 2.82. The second kappa shape index (κ2) is 7.67. The standard InChI is InChI=1S/C20H24FNO2/c1-24-19-11-6-8-16(20(19)23)14-22-12-4-2-3-10-18(22)15-7-5-9-17(21)13-15/h5-9,11,13,18,23H,2-4,10,12,14H2,1H3/t18-/m0/s1. The summed E-state index contributed by atoms with van der Waals surface area (Å²) in [5.41, 5.74) is 1.86. The van der Waals surface area contributed by atoms with Crippen molar-refractivity contribution in [1.29, 1.82) is 0 Å². The van der Waals surface area contributed by atoms with E-state index in [1.165, 1.54) is 12.5 Å². The summed E-state index contributed by atoms with van der Waals surface area (Å²) in [7, 11) is 1.56. The summed E-state index contributed by atoms with van der Waals surface area (Å²) >= 11 is 0. The van der Waals surface area contributed by atoms with E-state index in [1.807, 2.05) is 18.2 Å². The number of nitrogens with zero attached hydrogens (tertiary/aromatic N) is 1. The van der Waals surface area contributed by atoms with Crippen LogP contribution < -0.4 is 4.74 Å². The third kappa shape index (κ3) is 3.70. The summed E-state index contributed by atoms with van der Waals surface area (Å²) in [6.45, 7) is 1.57. The van der Waals surface area contributed by atoms with Crippen molar-refractivity contribution in [3.63, 3.8) is 0 Å². The predicted octanol–water partition coefficient (Wildman–Crippen LogP) is 4.66. The van der Waals surface area contributed by atoms with E-state index in [4.69, 9.17) is 4.74 Å². The number of hydrogen-bond donors (Lipinski definition) is 1. The number of methoxy groups -OCH3 is 1. The molecular weight excluding hydrogens is 305 g/mol. The molecule has 4 heteroatoms. The van der Waals surface area contributed by atoms with Gasteiger partial charge < -0.3 is 9.84 Å². The maximum absolute atomic E-state index is 13.7. The molecule has 0 spiro atoms. The van der Waals surface area contributed by atoms with Crippen molar-refractivity contribution in [2.75, 3.05) is 13.7 Å². The summed E-state index contributed by atoms with van der Waals surface area (Å²) in [5, 5.41) is 10.4. The van der Waals surface area contributed by atoms with Crippen LogP contribution in [0.15, 0.2) is 42.5 Å². The van der Waals surface area contributed by atoms with Gasteiger partial charge in [-0.05, 0) is 43.1 Å². The summed E-state index contributed by atoms with van der Waals surface area (Å²) in [4.78, 5) is 2.34. The zero-order chi connectivity index (χ0) is 16.9. The Bertz CT molecular complexity index is 689. The largest absolute Gasteiger partial charge is 0.504 e. The van der Waals surface area contributed by atoms with E-state index in [-0.39, 0.29) is 17.6 Å². The molecule has 1 atom stereocenters. The van der Waals surface area contributed by atoms with Gasteiger partial charge in [0.05, 0.1) is 7.11 Å². The third-order valence-corrected chi connectivity index (χ3v) is 4.77. The van der Waals surface area contributed by atoms with Crippen molar-refractivity contribution in [3.8, 4) is 11.5 Å². The van der Waals surface area contributed by atoms with Gasteiger partial charge in [-0.1, -0.05) is 37.1 Å². The molecule has 1 fully saturated rings. The fraction of sp³-hybridized carbons (Fsp3) is 0.400. The van der Waals surface area contributed by atoms with E-state index < -0.39 is 0 Å². The number of benzene rings is 2. The monoisotopic (exact) mass is 329 g/mol. The Labute approximate surface area is 142 Å². The predicted molar refractivity (Wildman–Crippen MR) is 92.7 cm³/mol. The molecule has 0 aliphatic carbocycles. The molecule has 1 heterocycles. The van der Waals surface area contributed by atoms with E-state index in [0.29, 0.717) is 12.3 Å². The molecule has 1 saturated heterocycles. The zero-order valence-electron chi connectivity index (χ0n) is 14.0. The first kappa shape index (κ1) is 16.8. The van der Waals surface area contributed by atoms with Gasteiger partial charge in [0.1, 0.15) is 5.82 Å². The number of likely N-dealkylation sites (tertiary alicyclic amines) is 1. The topological polar surface area (TPSA) is 32.7 Å². The summed E-state index contributed by atoms with van der Waals surface area (Å²) in [6, 6.07) is 12.6. The number of ether oxygens (including phenoxy) is 1. The molecule has 0 aromatic heterocycles. The molecule has 0 saturated carbocycles. The van der Waals surface area contributed by atoms with Crippen molar-refractivity contribution < 1.29 is 14.2 Å². The molecule has 0 bridgehead atoms. The van der Waals surface area contributed by atoms with Crippen LogP contribution in [0.1, 0.15) is 42.9 Å². The van der Waals surface area contributed by atoms with E-state index in [2.05, 4.69) is 4.90 Å². The van der Waals surface area contributed by atoms with Gasteiger partial charge in [0, 0.05) is 18.2 Å². The number of para-hydroxylation sites is 1. The van der Waals surface area contributed by atoms with Crippen molar-refractivity contribution in [2.24, 2.45) is 0 Å². The second-order valence-electron chi connectivity index (χ2n) is 6.36. The fourth-order valence-corrected chi connectivity index (χ4v) is 3.53. The molecule has 3 rings (SSSR count). The SMILES string of the molecule is COc1cccc(CN2CCCCC[C@H]2c2cccc(F)c2)c1O. The van der Waals surface area contributed by atoms with Crippen molar-refractivity contribution in [2.45, 2.75) is 38.3 Å². The minimum Gasteiger partial charge on any atom is -0.504 e. The number of rotatable bonds is 4. The number of phenolic OH excluding ortho intramolecular Hbond substituents is 1. The second-order valence-corrected chi connectivity index (χ2v) is 6.36. The highest BCUT2D eigenvalue weighted by atomic mass is 19.1. The first-order valence-corrected chi connectivity index (χ1v) is 8.53. The van der Waals surface area contributed by atoms with E-state index in [1.54, 1.807) is 25.3 Å². The van der Waals surface area contributed by atoms with Crippen molar-refractivity contribution in [1.82, 2.24) is 4.90 Å². The highest BCUT2D eigenvalue weighted by Gasteiger charge is 2.24. The molecule has 2 aromatic carbocycles. The molecule has 2 aromatic rings. The van der Waals surface area contributed by atoms with Crippen LogP contribution >= 0.6 is 0 Å². The third-order valence-electron chi connectivity index (χ3n) is 4.77. The van der Waals surface area contributed by atoms with Crippen LogP contribution in [0, 0.1) is 5.82 Å². The van der Waals surface area contributed by atoms with Gasteiger partial charge in [0.15, 0.2) is 11.5 Å². The molecule has 0 radical (unpaired) electrons. The minimum atomic E-state index is -0.194. The molecule has 0 amide bonds. The molecule has 1 aliphatic heterocycles. The van der Waals surface area contributed by atoms with Gasteiger partial charge in [-0.25, -0.2) is 4.39 Å². The van der Waals surface area contributed by atoms with Crippen LogP contribution in [0.4, 0.5) is 4.39 Å². The lowest BCUT2D eigenvalue weighted by atomic mass is 10.00. The molecule has 1 aliphatic rings. The highest BCUT2D eigenvalue weighted by Crippen LogP contribution is 2.35. The number of halogens is 1. The molecule has 1 N–H and O–H groups in total. The Morgan fingerprint density at radius 2 is 2.00 bits per heavy atom. The summed E-state index contributed by atoms with van der Waals surface area (Å²) in [5.74, 6) is 0.493. The first-order valence-electron chi connectivity index (χ1n) is 8.53. The molecule has 3 nitrogen and oxygen atoms in total. The maximum atomic E-state index is 13.7. The Kier molecular flexibility index (Phi) is 5.36. The van der Waals surface area contributed by atoms with Gasteiger partial charge in [0.25, 0.3) is 0 Å². The van der Waals surface area contributed by atoms with E-state index in [9.17, 15) is 9.50 Å². The molecule has 24 heavy (non-hydrogen) atoms. The van der Waals surface area contributed by atoms with E-state index >= 15 is 0 Å². The quantitative estimate of drug-likeness (QED) is 0.886. The van der Waals surface area contributed by atoms with Gasteiger partial charge >= 0.3 is 0 Å². The van der Waals surface area contributed by atoms with Gasteiger partial charge in [0.2, 0.25) is 0 Å². The fourth-order valence-electron chi connectivity index (χ4n) is 3.53. The summed E-state index contributed by atoms with van der Waals surface area (Å²) in [6.07, 6.45) is 4.46. The number of hydrogen-bond acceptors (Lipinski definition) is 3. The lowest BCUT2D eigenvalue weighted by Crippen LogP contribution is -2.28. The van der Waals surface area contributed by atoms with Crippen LogP contribution in [-0.4, -0.2) is 23.7 Å². The zero-order valence-corrected chi connectivity index (χ0v) is 14.0. The van der Waals surface area contributed by atoms with Crippen LogP contribution in [0.2, 0.25) is 0 Å². The smallest absolute Gasteiger partial charge is 0.162 e. The van der Waals surface area contributed by atoms with Gasteiger partial charge in [-0.3, -0.25) is 4.90 Å². The Morgan fingerprint density at radius 3 is 2.79 bits per heavy atom. The van der Waals surface area contributed by atoms with Crippen LogP contribution in [0.5, 0.6) is 11.5 Å². The molecular formula is C20H24FNO2. The lowest BCUT2D eigenvalue weighted by Gasteiger charge is -2.30. The van der Waals surface area contributed by atoms with Crippen LogP contribution in [0.3, 0.4) is 0 Å². The van der Waals surface area contributed by atoms with Crippen molar-refractivity contribution >= 4 is 0 Å². The summed E-state index contributed by atoms with van der Waals surface area (Å²) < 4.78 is 18.9. The minimum absolute atomic E-state index is 0.175. The van der Waals surface area contributed by atoms with Crippen LogP contribution in [-0.2, 0) is 6.54 Å². The van der Waals surface area contributed by atoms with E-state index in [0.717, 1.165) is 36.9 Å². The lowest BCUT2D eigenvalue weighted by molar-refractivity contribution is 0.189. The average molecular weight is 329 g/mol. The van der Waals surface area contributed by atoms with Gasteiger partial charge in [-0.15, -0.1) is 0 Å². The van der Waals surface area contributed by atoms with Crippen LogP contribution in [0.25, 0.3) is 0 Å². The van der Waals surface area contributed by atoms with Gasteiger partial charge in [-0.2, -0.15) is 0 Å². The molecule has 0 unspecified atom stereocenters. The Hall–Kier alpha value is -2.07. The Balaban J connectivity index is 1.88. The van der Waals surface area contributed by atoms with Crippen molar-refractivity contribution in [3.05, 3.63) is 59.4 Å². The molecule has 128 valence electrons. The number of aromatic hydroxyl groups is 1. The Morgan fingerprint density at radius 1 is 1.17 bits per heavy atom. The number of phenols is 1. The highest BCUT2D eigenvalue weighted by molar-refractivity contribution is 5.45.